The summed E-state index contributed by atoms with van der Waals surface area (Å²) in [6.07, 6.45) is 3.81. The van der Waals surface area contributed by atoms with Gasteiger partial charge in [0.25, 0.3) is 0 Å². The van der Waals surface area contributed by atoms with Gasteiger partial charge in [-0.05, 0) is 39.7 Å². The summed E-state index contributed by atoms with van der Waals surface area (Å²) in [4.78, 5) is 24.2. The molecule has 0 unspecified atom stereocenters. The number of aryl methyl sites for hydroxylation is 1. The van der Waals surface area contributed by atoms with Crippen molar-refractivity contribution >= 4 is 11.9 Å². The summed E-state index contributed by atoms with van der Waals surface area (Å²) >= 11 is 0. The van der Waals surface area contributed by atoms with Crippen LogP contribution in [-0.4, -0.2) is 52.2 Å². The number of piperidine rings is 1. The number of anilines is 1. The van der Waals surface area contributed by atoms with Crippen molar-refractivity contribution in [1.82, 2.24) is 20.0 Å². The maximum atomic E-state index is 13.0. The number of carbonyl (C=O) groups excluding carboxylic acids is 1. The van der Waals surface area contributed by atoms with Crippen LogP contribution in [0.15, 0.2) is 41.1 Å². The molecule has 2 aromatic heterocycles. The van der Waals surface area contributed by atoms with E-state index in [1.165, 1.54) is 0 Å². The van der Waals surface area contributed by atoms with Gasteiger partial charge < -0.3 is 19.5 Å². The van der Waals surface area contributed by atoms with Gasteiger partial charge in [0.05, 0.1) is 30.5 Å². The molecule has 1 saturated heterocycles. The van der Waals surface area contributed by atoms with E-state index in [1.807, 2.05) is 48.4 Å². The van der Waals surface area contributed by atoms with Crippen molar-refractivity contribution in [3.05, 3.63) is 53.5 Å². The van der Waals surface area contributed by atoms with Crippen LogP contribution in [0.4, 0.5) is 5.95 Å². The number of ether oxygens (including phenoxy) is 1. The zero-order valence-corrected chi connectivity index (χ0v) is 19.7. The van der Waals surface area contributed by atoms with Gasteiger partial charge in [-0.1, -0.05) is 23.4 Å². The Morgan fingerprint density at radius 2 is 2.03 bits per heavy atom. The summed E-state index contributed by atoms with van der Waals surface area (Å²) in [5.74, 6) is 2.35. The Morgan fingerprint density at radius 3 is 2.70 bits per heavy atom. The minimum absolute atomic E-state index is 0.119. The van der Waals surface area contributed by atoms with Crippen LogP contribution in [0.3, 0.4) is 0 Å². The smallest absolute Gasteiger partial charge is 0.227 e. The topological polar surface area (TPSA) is 93.4 Å². The zero-order chi connectivity index (χ0) is 23.4. The first-order chi connectivity index (χ1) is 15.9. The molecule has 0 bridgehead atoms. The normalized spacial score (nSPS) is 14.5. The summed E-state index contributed by atoms with van der Waals surface area (Å²) in [5, 5.41) is 7.32. The molecule has 3 heterocycles. The lowest BCUT2D eigenvalue weighted by molar-refractivity contribution is -0.131. The Bertz CT molecular complexity index is 1100. The molecule has 0 aliphatic carbocycles. The number of likely N-dealkylation sites (tertiary alicyclic amines) is 1. The number of amides is 1. The minimum atomic E-state index is 0.119. The third-order valence-electron chi connectivity index (χ3n) is 5.90. The molecule has 0 saturated carbocycles. The third-order valence-corrected chi connectivity index (χ3v) is 5.90. The van der Waals surface area contributed by atoms with Gasteiger partial charge in [-0.15, -0.1) is 0 Å². The lowest BCUT2D eigenvalue weighted by Crippen LogP contribution is -2.39. The van der Waals surface area contributed by atoms with Gasteiger partial charge in [-0.25, -0.2) is 9.97 Å². The second kappa shape index (κ2) is 10.0. The number of carbonyl (C=O) groups is 1. The number of aromatic nitrogens is 3. The number of hydrogen-bond acceptors (Lipinski definition) is 7. The van der Waals surface area contributed by atoms with E-state index in [4.69, 9.17) is 14.2 Å². The predicted octanol–water partition coefficient (Wildman–Crippen LogP) is 4.22. The third kappa shape index (κ3) is 5.32. The second-order valence-electron chi connectivity index (χ2n) is 8.77. The van der Waals surface area contributed by atoms with E-state index in [9.17, 15) is 4.79 Å². The summed E-state index contributed by atoms with van der Waals surface area (Å²) in [6, 6.07) is 9.81. The molecule has 0 radical (unpaired) electrons. The molecule has 1 amide bonds. The van der Waals surface area contributed by atoms with Crippen LogP contribution in [0.25, 0.3) is 11.3 Å². The Balaban J connectivity index is 1.49. The molecular formula is C25H31N5O3. The van der Waals surface area contributed by atoms with Crippen LogP contribution in [0, 0.1) is 6.92 Å². The van der Waals surface area contributed by atoms with Gasteiger partial charge in [-0.3, -0.25) is 4.79 Å². The molecule has 1 aromatic carbocycles. The van der Waals surface area contributed by atoms with Crippen LogP contribution >= 0.6 is 0 Å². The molecular weight excluding hydrogens is 418 g/mol. The Hall–Kier alpha value is -3.42. The molecule has 4 rings (SSSR count). The summed E-state index contributed by atoms with van der Waals surface area (Å²) in [6.45, 7) is 7.38. The van der Waals surface area contributed by atoms with Gasteiger partial charge >= 0.3 is 0 Å². The van der Waals surface area contributed by atoms with Crippen molar-refractivity contribution in [2.45, 2.75) is 52.0 Å². The van der Waals surface area contributed by atoms with Crippen molar-refractivity contribution < 1.29 is 14.1 Å². The van der Waals surface area contributed by atoms with Crippen LogP contribution in [-0.2, 0) is 11.2 Å². The van der Waals surface area contributed by atoms with E-state index in [1.54, 1.807) is 7.11 Å². The standard InChI is InChI=1S/C25H31N5O3/c1-16(2)27-25-26-15-20(22-13-17(3)29-33-22)24(28-25)18-9-11-30(12-10-18)23(31)14-19-7-5-6-8-21(19)32-4/h5-8,13,15-16,18H,9-12,14H2,1-4H3,(H,26,27,28). The number of hydrogen-bond donors (Lipinski definition) is 1. The van der Waals surface area contributed by atoms with E-state index >= 15 is 0 Å². The van der Waals surface area contributed by atoms with Crippen LogP contribution < -0.4 is 10.1 Å². The molecule has 0 atom stereocenters. The highest BCUT2D eigenvalue weighted by atomic mass is 16.5. The van der Waals surface area contributed by atoms with E-state index < -0.39 is 0 Å². The van der Waals surface area contributed by atoms with Gasteiger partial charge in [0.1, 0.15) is 5.75 Å². The number of methoxy groups -OCH3 is 1. The molecule has 1 fully saturated rings. The van der Waals surface area contributed by atoms with Crippen molar-refractivity contribution in [3.8, 4) is 17.1 Å². The highest BCUT2D eigenvalue weighted by molar-refractivity contribution is 5.79. The number of para-hydroxylation sites is 1. The lowest BCUT2D eigenvalue weighted by atomic mass is 9.90. The van der Waals surface area contributed by atoms with Crippen molar-refractivity contribution in [3.63, 3.8) is 0 Å². The molecule has 33 heavy (non-hydrogen) atoms. The maximum absolute atomic E-state index is 13.0. The van der Waals surface area contributed by atoms with E-state index in [0.717, 1.165) is 41.1 Å². The average molecular weight is 450 g/mol. The number of nitrogens with zero attached hydrogens (tertiary/aromatic N) is 4. The fourth-order valence-corrected chi connectivity index (χ4v) is 4.24. The van der Waals surface area contributed by atoms with E-state index in [-0.39, 0.29) is 17.9 Å². The quantitative estimate of drug-likeness (QED) is 0.577. The highest BCUT2D eigenvalue weighted by Gasteiger charge is 2.28. The largest absolute Gasteiger partial charge is 0.496 e. The number of nitrogens with one attached hydrogen (secondary N) is 1. The molecule has 8 heteroatoms. The van der Waals surface area contributed by atoms with Gasteiger partial charge in [0, 0.05) is 42.9 Å². The second-order valence-corrected chi connectivity index (χ2v) is 8.77. The van der Waals surface area contributed by atoms with E-state index in [0.29, 0.717) is 31.2 Å². The van der Waals surface area contributed by atoms with Crippen molar-refractivity contribution in [1.29, 1.82) is 0 Å². The number of rotatable bonds is 7. The lowest BCUT2D eigenvalue weighted by Gasteiger charge is -2.32. The van der Waals surface area contributed by atoms with Gasteiger partial charge in [0.15, 0.2) is 5.76 Å². The maximum Gasteiger partial charge on any atom is 0.227 e. The highest BCUT2D eigenvalue weighted by Crippen LogP contribution is 2.35. The van der Waals surface area contributed by atoms with Crippen LogP contribution in [0.1, 0.15) is 49.6 Å². The first-order valence-electron chi connectivity index (χ1n) is 11.4. The monoisotopic (exact) mass is 449 g/mol. The predicted molar refractivity (Wildman–Crippen MR) is 126 cm³/mol. The van der Waals surface area contributed by atoms with Crippen molar-refractivity contribution in [2.75, 3.05) is 25.5 Å². The first kappa shape index (κ1) is 22.8. The number of benzene rings is 1. The first-order valence-corrected chi connectivity index (χ1v) is 11.4. The minimum Gasteiger partial charge on any atom is -0.496 e. The fraction of sp³-hybridized carbons (Fsp3) is 0.440. The summed E-state index contributed by atoms with van der Waals surface area (Å²) < 4.78 is 10.9. The van der Waals surface area contributed by atoms with Crippen molar-refractivity contribution in [2.24, 2.45) is 0 Å². The molecule has 8 nitrogen and oxygen atoms in total. The summed E-state index contributed by atoms with van der Waals surface area (Å²) in [5.41, 5.74) is 3.54. The molecule has 1 N–H and O–H groups in total. The van der Waals surface area contributed by atoms with E-state index in [2.05, 4.69) is 29.3 Å². The molecule has 174 valence electrons. The SMILES string of the molecule is COc1ccccc1CC(=O)N1CCC(c2nc(NC(C)C)ncc2-c2cc(C)no2)CC1. The molecule has 0 spiro atoms. The fourth-order valence-electron chi connectivity index (χ4n) is 4.24. The van der Waals surface area contributed by atoms with Gasteiger partial charge in [0.2, 0.25) is 11.9 Å². The Morgan fingerprint density at radius 1 is 1.27 bits per heavy atom. The molecule has 1 aliphatic rings. The average Bonchev–Trinajstić information content (AvgIpc) is 3.25. The van der Waals surface area contributed by atoms with Crippen LogP contribution in [0.5, 0.6) is 5.75 Å². The zero-order valence-electron chi connectivity index (χ0n) is 19.7. The van der Waals surface area contributed by atoms with Crippen LogP contribution in [0.2, 0.25) is 0 Å². The molecule has 1 aliphatic heterocycles. The van der Waals surface area contributed by atoms with Gasteiger partial charge in [-0.2, -0.15) is 0 Å². The Labute approximate surface area is 194 Å². The molecule has 3 aromatic rings. The summed E-state index contributed by atoms with van der Waals surface area (Å²) in [7, 11) is 1.63. The Kier molecular flexibility index (Phi) is 6.91.